The Bertz CT molecular complexity index is 483. The molecule has 0 saturated heterocycles. The Hall–Kier alpha value is -1.34. The molecule has 0 saturated carbocycles. The summed E-state index contributed by atoms with van der Waals surface area (Å²) in [6.07, 6.45) is 4.31. The fourth-order valence-corrected chi connectivity index (χ4v) is 2.29. The first-order chi connectivity index (χ1) is 8.33. The van der Waals surface area contributed by atoms with Crippen molar-refractivity contribution in [2.45, 2.75) is 13.0 Å². The van der Waals surface area contributed by atoms with Crippen LogP contribution in [0.2, 0.25) is 0 Å². The van der Waals surface area contributed by atoms with Gasteiger partial charge in [-0.1, -0.05) is 0 Å². The van der Waals surface area contributed by atoms with E-state index >= 15 is 0 Å². The molecule has 0 aromatic carbocycles. The molecule has 0 aliphatic rings. The van der Waals surface area contributed by atoms with Crippen LogP contribution in [0, 0.1) is 0 Å². The number of anilines is 1. The summed E-state index contributed by atoms with van der Waals surface area (Å²) in [5.74, 6) is 2.54. The lowest BCUT2D eigenvalue weighted by molar-refractivity contribution is 0.696. The summed E-state index contributed by atoms with van der Waals surface area (Å²) in [7, 11) is 0. The maximum Gasteiger partial charge on any atom is 0.165 e. The lowest BCUT2D eigenvalue weighted by atomic mass is 10.4. The third-order valence-electron chi connectivity index (χ3n) is 2.38. The predicted molar refractivity (Wildman–Crippen MR) is 70.7 cm³/mol. The normalized spacial score (nSPS) is 11.1. The maximum atomic E-state index is 5.72. The average Bonchev–Trinajstić information content (AvgIpc) is 2.74. The van der Waals surface area contributed by atoms with Gasteiger partial charge in [0.05, 0.1) is 6.33 Å². The van der Waals surface area contributed by atoms with E-state index in [1.165, 1.54) is 6.33 Å². The molecule has 2 rings (SSSR count). The third-order valence-corrected chi connectivity index (χ3v) is 3.48. The van der Waals surface area contributed by atoms with Crippen molar-refractivity contribution in [3.8, 4) is 0 Å². The second kappa shape index (κ2) is 5.83. The number of rotatable bonds is 6. The van der Waals surface area contributed by atoms with E-state index in [1.807, 2.05) is 16.3 Å². The molecule has 0 bridgehead atoms. The minimum atomic E-state index is 0.436. The van der Waals surface area contributed by atoms with Crippen LogP contribution in [0.5, 0.6) is 0 Å². The first-order valence-corrected chi connectivity index (χ1v) is 6.67. The number of imidazole rings is 1. The highest BCUT2D eigenvalue weighted by molar-refractivity contribution is 7.99. The Morgan fingerprint density at radius 3 is 2.94 bits per heavy atom. The third kappa shape index (κ3) is 2.86. The van der Waals surface area contributed by atoms with E-state index in [9.17, 15) is 0 Å². The highest BCUT2D eigenvalue weighted by atomic mass is 32.2. The fraction of sp³-hybridized carbons (Fsp3) is 0.500. The van der Waals surface area contributed by atoms with Crippen molar-refractivity contribution in [3.63, 3.8) is 0 Å². The Kier molecular flexibility index (Phi) is 4.16. The van der Waals surface area contributed by atoms with Crippen molar-refractivity contribution < 1.29 is 0 Å². The SMILES string of the molecule is NCCSCCCn1cnc2c(N)ncnc21. The minimum Gasteiger partial charge on any atom is -0.382 e. The van der Waals surface area contributed by atoms with Gasteiger partial charge in [0.1, 0.15) is 11.8 Å². The zero-order valence-electron chi connectivity index (χ0n) is 9.54. The number of hydrogen-bond donors (Lipinski definition) is 2. The van der Waals surface area contributed by atoms with E-state index in [2.05, 4.69) is 15.0 Å². The molecule has 17 heavy (non-hydrogen) atoms. The van der Waals surface area contributed by atoms with Gasteiger partial charge in [0, 0.05) is 18.8 Å². The number of nitrogens with zero attached hydrogens (tertiary/aromatic N) is 4. The van der Waals surface area contributed by atoms with E-state index < -0.39 is 0 Å². The van der Waals surface area contributed by atoms with Crippen LogP contribution in [0.1, 0.15) is 6.42 Å². The number of thioether (sulfide) groups is 1. The second-order valence-corrected chi connectivity index (χ2v) is 4.85. The van der Waals surface area contributed by atoms with Crippen LogP contribution in [0.15, 0.2) is 12.7 Å². The van der Waals surface area contributed by atoms with Gasteiger partial charge in [-0.2, -0.15) is 11.8 Å². The summed E-state index contributed by atoms with van der Waals surface area (Å²) < 4.78 is 2.01. The summed E-state index contributed by atoms with van der Waals surface area (Å²) in [5, 5.41) is 0. The number of nitrogen functional groups attached to an aromatic ring is 1. The van der Waals surface area contributed by atoms with Crippen LogP contribution in [0.3, 0.4) is 0 Å². The van der Waals surface area contributed by atoms with Crippen molar-refractivity contribution in [3.05, 3.63) is 12.7 Å². The molecule has 4 N–H and O–H groups in total. The molecular weight excluding hydrogens is 236 g/mol. The molecule has 2 heterocycles. The molecule has 6 nitrogen and oxygen atoms in total. The van der Waals surface area contributed by atoms with Crippen LogP contribution in [0.25, 0.3) is 11.2 Å². The summed E-state index contributed by atoms with van der Waals surface area (Å²) >= 11 is 1.87. The predicted octanol–water partition coefficient (Wildman–Crippen LogP) is 0.490. The molecule has 0 unspecified atom stereocenters. The number of aromatic nitrogens is 4. The van der Waals surface area contributed by atoms with Gasteiger partial charge in [-0.3, -0.25) is 0 Å². The van der Waals surface area contributed by atoms with Crippen molar-refractivity contribution in [2.75, 3.05) is 23.8 Å². The van der Waals surface area contributed by atoms with E-state index in [1.54, 1.807) is 6.33 Å². The molecule has 2 aromatic heterocycles. The topological polar surface area (TPSA) is 95.6 Å². The van der Waals surface area contributed by atoms with Crippen LogP contribution >= 0.6 is 11.8 Å². The van der Waals surface area contributed by atoms with E-state index in [4.69, 9.17) is 11.5 Å². The van der Waals surface area contributed by atoms with E-state index in [-0.39, 0.29) is 0 Å². The van der Waals surface area contributed by atoms with Gasteiger partial charge in [-0.15, -0.1) is 0 Å². The van der Waals surface area contributed by atoms with Crippen LogP contribution < -0.4 is 11.5 Å². The standard InChI is InChI=1S/C10H16N6S/c11-2-5-17-4-1-3-16-7-15-8-9(12)13-6-14-10(8)16/h6-7H,1-5,11H2,(H2,12,13,14). The molecule has 0 spiro atoms. The minimum absolute atomic E-state index is 0.436. The molecule has 92 valence electrons. The van der Waals surface area contributed by atoms with Crippen LogP contribution in [-0.4, -0.2) is 37.6 Å². The molecule has 0 aliphatic carbocycles. The molecule has 0 fully saturated rings. The largest absolute Gasteiger partial charge is 0.382 e. The summed E-state index contributed by atoms with van der Waals surface area (Å²) in [6, 6.07) is 0. The number of aryl methyl sites for hydroxylation is 1. The first-order valence-electron chi connectivity index (χ1n) is 5.52. The molecule has 2 aromatic rings. The molecule has 0 radical (unpaired) electrons. The lowest BCUT2D eigenvalue weighted by Gasteiger charge is -2.03. The van der Waals surface area contributed by atoms with Gasteiger partial charge in [-0.25, -0.2) is 15.0 Å². The number of hydrogen-bond acceptors (Lipinski definition) is 6. The van der Waals surface area contributed by atoms with Gasteiger partial charge >= 0.3 is 0 Å². The molecule has 0 aliphatic heterocycles. The summed E-state index contributed by atoms with van der Waals surface area (Å²) in [5.41, 5.74) is 12.6. The fourth-order valence-electron chi connectivity index (χ4n) is 1.58. The van der Waals surface area contributed by atoms with Crippen molar-refractivity contribution >= 4 is 28.7 Å². The lowest BCUT2D eigenvalue weighted by Crippen LogP contribution is -2.03. The highest BCUT2D eigenvalue weighted by Crippen LogP contribution is 2.14. The molecule has 0 amide bonds. The van der Waals surface area contributed by atoms with Crippen molar-refractivity contribution in [2.24, 2.45) is 5.73 Å². The Morgan fingerprint density at radius 1 is 1.24 bits per heavy atom. The molecule has 7 heteroatoms. The molecular formula is C10H16N6S. The van der Waals surface area contributed by atoms with Gasteiger partial charge < -0.3 is 16.0 Å². The second-order valence-electron chi connectivity index (χ2n) is 3.62. The van der Waals surface area contributed by atoms with Crippen molar-refractivity contribution in [1.82, 2.24) is 19.5 Å². The monoisotopic (exact) mass is 252 g/mol. The Morgan fingerprint density at radius 2 is 2.12 bits per heavy atom. The van der Waals surface area contributed by atoms with Gasteiger partial charge in [-0.05, 0) is 12.2 Å². The van der Waals surface area contributed by atoms with Gasteiger partial charge in [0.15, 0.2) is 11.5 Å². The quantitative estimate of drug-likeness (QED) is 0.726. The van der Waals surface area contributed by atoms with Gasteiger partial charge in [0.2, 0.25) is 0 Å². The van der Waals surface area contributed by atoms with E-state index in [0.717, 1.165) is 36.7 Å². The molecule has 0 atom stereocenters. The number of nitrogens with two attached hydrogens (primary N) is 2. The van der Waals surface area contributed by atoms with Crippen LogP contribution in [0.4, 0.5) is 5.82 Å². The highest BCUT2D eigenvalue weighted by Gasteiger charge is 2.06. The zero-order chi connectivity index (χ0) is 12.1. The average molecular weight is 252 g/mol. The van der Waals surface area contributed by atoms with Crippen LogP contribution in [-0.2, 0) is 6.54 Å². The van der Waals surface area contributed by atoms with E-state index in [0.29, 0.717) is 11.3 Å². The Labute approximate surface area is 104 Å². The summed E-state index contributed by atoms with van der Waals surface area (Å²) in [6.45, 7) is 1.63. The summed E-state index contributed by atoms with van der Waals surface area (Å²) in [4.78, 5) is 12.3. The zero-order valence-corrected chi connectivity index (χ0v) is 10.4. The number of fused-ring (bicyclic) bond motifs is 1. The van der Waals surface area contributed by atoms with Gasteiger partial charge in [0.25, 0.3) is 0 Å². The maximum absolute atomic E-state index is 5.72. The Balaban J connectivity index is 1.97. The first kappa shape index (κ1) is 12.1. The smallest absolute Gasteiger partial charge is 0.165 e. The van der Waals surface area contributed by atoms with Crippen molar-refractivity contribution in [1.29, 1.82) is 0 Å².